The van der Waals surface area contributed by atoms with Crippen LogP contribution in [0.15, 0.2) is 28.8 Å². The number of nitrogens with zero attached hydrogens (tertiary/aromatic N) is 2. The van der Waals surface area contributed by atoms with Gasteiger partial charge in [-0.25, -0.2) is 8.42 Å². The Balaban J connectivity index is 1.68. The Labute approximate surface area is 134 Å². The summed E-state index contributed by atoms with van der Waals surface area (Å²) in [6.45, 7) is 0.627. The maximum absolute atomic E-state index is 12.2. The topological polar surface area (TPSA) is 91.5 Å². The number of rotatable bonds is 6. The molecule has 124 valence electrons. The van der Waals surface area contributed by atoms with E-state index in [0.717, 1.165) is 24.2 Å². The van der Waals surface area contributed by atoms with Gasteiger partial charge < -0.3 is 14.0 Å². The first-order valence-electron chi connectivity index (χ1n) is 7.35. The zero-order valence-corrected chi connectivity index (χ0v) is 13.6. The third-order valence-corrected chi connectivity index (χ3v) is 5.19. The summed E-state index contributed by atoms with van der Waals surface area (Å²) < 4.78 is 39.8. The molecule has 1 atom stereocenters. The molecule has 0 bridgehead atoms. The van der Waals surface area contributed by atoms with Crippen LogP contribution in [0.2, 0.25) is 0 Å². The van der Waals surface area contributed by atoms with Crippen molar-refractivity contribution in [3.8, 4) is 17.1 Å². The quantitative estimate of drug-likeness (QED) is 0.793. The molecule has 2 heterocycles. The van der Waals surface area contributed by atoms with Gasteiger partial charge in [-0.1, -0.05) is 5.16 Å². The molecule has 7 nitrogen and oxygen atoms in total. The minimum absolute atomic E-state index is 0.00670. The average Bonchev–Trinajstić information content (AvgIpc) is 3.18. The van der Waals surface area contributed by atoms with Gasteiger partial charge in [0.2, 0.25) is 11.7 Å². The Morgan fingerprint density at radius 1 is 1.30 bits per heavy atom. The molecule has 1 saturated heterocycles. The van der Waals surface area contributed by atoms with Gasteiger partial charge >= 0.3 is 0 Å². The lowest BCUT2D eigenvalue weighted by atomic mass is 10.2. The largest absolute Gasteiger partial charge is 0.497 e. The third-order valence-electron chi connectivity index (χ3n) is 3.62. The molecule has 0 radical (unpaired) electrons. The first-order chi connectivity index (χ1) is 11.1. The van der Waals surface area contributed by atoms with Gasteiger partial charge in [-0.15, -0.1) is 0 Å². The van der Waals surface area contributed by atoms with Crippen molar-refractivity contribution in [3.05, 3.63) is 30.2 Å². The molecule has 1 aliphatic heterocycles. The van der Waals surface area contributed by atoms with Crippen LogP contribution in [-0.2, 0) is 20.3 Å². The van der Waals surface area contributed by atoms with E-state index in [9.17, 15) is 8.42 Å². The highest BCUT2D eigenvalue weighted by molar-refractivity contribution is 7.90. The van der Waals surface area contributed by atoms with E-state index in [0.29, 0.717) is 12.4 Å². The normalized spacial score (nSPS) is 18.2. The summed E-state index contributed by atoms with van der Waals surface area (Å²) >= 11 is 0. The lowest BCUT2D eigenvalue weighted by Gasteiger charge is -2.08. The van der Waals surface area contributed by atoms with E-state index in [1.165, 1.54) is 0 Å². The SMILES string of the molecule is COc1ccc(-c2noc(CS(=O)(=O)CC3CCCO3)n2)cc1. The summed E-state index contributed by atoms with van der Waals surface area (Å²) in [6, 6.07) is 7.13. The van der Waals surface area contributed by atoms with E-state index in [4.69, 9.17) is 14.0 Å². The predicted octanol–water partition coefficient (Wildman–Crippen LogP) is 1.84. The second-order valence-corrected chi connectivity index (χ2v) is 7.54. The number of hydrogen-bond donors (Lipinski definition) is 0. The lowest BCUT2D eigenvalue weighted by molar-refractivity contribution is 0.127. The average molecular weight is 338 g/mol. The molecule has 3 rings (SSSR count). The summed E-state index contributed by atoms with van der Waals surface area (Å²) in [7, 11) is -1.76. The van der Waals surface area contributed by atoms with E-state index >= 15 is 0 Å². The zero-order valence-electron chi connectivity index (χ0n) is 12.8. The molecular formula is C15H18N2O5S. The molecular weight excluding hydrogens is 320 g/mol. The Morgan fingerprint density at radius 2 is 2.09 bits per heavy atom. The number of benzene rings is 1. The fourth-order valence-electron chi connectivity index (χ4n) is 2.48. The highest BCUT2D eigenvalue weighted by atomic mass is 32.2. The van der Waals surface area contributed by atoms with Crippen molar-refractivity contribution in [1.29, 1.82) is 0 Å². The van der Waals surface area contributed by atoms with Crippen LogP contribution < -0.4 is 4.74 Å². The zero-order chi connectivity index (χ0) is 16.3. The van der Waals surface area contributed by atoms with Gasteiger partial charge in [-0.05, 0) is 37.1 Å². The predicted molar refractivity (Wildman–Crippen MR) is 82.8 cm³/mol. The van der Waals surface area contributed by atoms with E-state index in [1.807, 2.05) is 0 Å². The first-order valence-corrected chi connectivity index (χ1v) is 9.17. The van der Waals surface area contributed by atoms with Crippen molar-refractivity contribution in [2.24, 2.45) is 0 Å². The molecule has 1 aliphatic rings. The van der Waals surface area contributed by atoms with Crippen molar-refractivity contribution in [1.82, 2.24) is 10.1 Å². The number of hydrogen-bond acceptors (Lipinski definition) is 7. The van der Waals surface area contributed by atoms with Gasteiger partial charge in [0.25, 0.3) is 0 Å². The third kappa shape index (κ3) is 4.08. The van der Waals surface area contributed by atoms with Crippen LogP contribution in [0.4, 0.5) is 0 Å². The summed E-state index contributed by atoms with van der Waals surface area (Å²) in [4.78, 5) is 4.16. The van der Waals surface area contributed by atoms with Gasteiger partial charge in [0, 0.05) is 12.2 Å². The standard InChI is InChI=1S/C15H18N2O5S/c1-20-12-6-4-11(5-7-12)15-16-14(22-17-15)10-23(18,19)9-13-3-2-8-21-13/h4-7,13H,2-3,8-10H2,1H3. The van der Waals surface area contributed by atoms with Gasteiger partial charge in [0.15, 0.2) is 9.84 Å². The number of methoxy groups -OCH3 is 1. The maximum Gasteiger partial charge on any atom is 0.242 e. The molecule has 1 aromatic carbocycles. The lowest BCUT2D eigenvalue weighted by Crippen LogP contribution is -2.21. The molecule has 23 heavy (non-hydrogen) atoms. The van der Waals surface area contributed by atoms with Crippen LogP contribution >= 0.6 is 0 Å². The van der Waals surface area contributed by atoms with E-state index in [-0.39, 0.29) is 23.5 Å². The monoisotopic (exact) mass is 338 g/mol. The highest BCUT2D eigenvalue weighted by Gasteiger charge is 2.25. The van der Waals surface area contributed by atoms with Gasteiger partial charge in [0.1, 0.15) is 11.5 Å². The van der Waals surface area contributed by atoms with Crippen molar-refractivity contribution in [2.75, 3.05) is 19.5 Å². The number of sulfone groups is 1. The Hall–Kier alpha value is -1.93. The second kappa shape index (κ2) is 6.67. The second-order valence-electron chi connectivity index (χ2n) is 5.43. The fraction of sp³-hybridized carbons (Fsp3) is 0.467. The molecule has 1 fully saturated rings. The van der Waals surface area contributed by atoms with Crippen molar-refractivity contribution < 1.29 is 22.4 Å². The van der Waals surface area contributed by atoms with Crippen LogP contribution in [0.25, 0.3) is 11.4 Å². The van der Waals surface area contributed by atoms with Gasteiger partial charge in [0.05, 0.1) is 19.0 Å². The Kier molecular flexibility index (Phi) is 4.63. The van der Waals surface area contributed by atoms with Crippen LogP contribution in [-0.4, -0.2) is 44.1 Å². The molecule has 0 aliphatic carbocycles. The summed E-state index contributed by atoms with van der Waals surface area (Å²) in [5.41, 5.74) is 0.734. The number of ether oxygens (including phenoxy) is 2. The summed E-state index contributed by atoms with van der Waals surface area (Å²) in [5.74, 6) is 0.892. The smallest absolute Gasteiger partial charge is 0.242 e. The van der Waals surface area contributed by atoms with Gasteiger partial charge in [-0.3, -0.25) is 0 Å². The van der Waals surface area contributed by atoms with Crippen LogP contribution in [0.1, 0.15) is 18.7 Å². The molecule has 8 heteroatoms. The molecule has 0 saturated carbocycles. The molecule has 2 aromatic rings. The molecule has 1 unspecified atom stereocenters. The van der Waals surface area contributed by atoms with Crippen LogP contribution in [0.3, 0.4) is 0 Å². The highest BCUT2D eigenvalue weighted by Crippen LogP contribution is 2.21. The van der Waals surface area contributed by atoms with E-state index in [1.54, 1.807) is 31.4 Å². The van der Waals surface area contributed by atoms with Crippen molar-refractivity contribution in [2.45, 2.75) is 24.7 Å². The Morgan fingerprint density at radius 3 is 2.74 bits per heavy atom. The van der Waals surface area contributed by atoms with Gasteiger partial charge in [-0.2, -0.15) is 4.98 Å². The summed E-state index contributed by atoms with van der Waals surface area (Å²) in [6.07, 6.45) is 1.46. The fourth-order valence-corrected chi connectivity index (χ4v) is 3.92. The molecule has 1 aromatic heterocycles. The van der Waals surface area contributed by atoms with E-state index in [2.05, 4.69) is 10.1 Å². The van der Waals surface area contributed by atoms with Crippen molar-refractivity contribution >= 4 is 9.84 Å². The first kappa shape index (κ1) is 15.9. The van der Waals surface area contributed by atoms with E-state index < -0.39 is 9.84 Å². The number of aromatic nitrogens is 2. The molecule has 0 N–H and O–H groups in total. The van der Waals surface area contributed by atoms with Crippen LogP contribution in [0, 0.1) is 0 Å². The maximum atomic E-state index is 12.2. The van der Waals surface area contributed by atoms with Crippen molar-refractivity contribution in [3.63, 3.8) is 0 Å². The minimum Gasteiger partial charge on any atom is -0.497 e. The molecule has 0 spiro atoms. The molecule has 0 amide bonds. The minimum atomic E-state index is -3.34. The Bertz CT molecular complexity index is 748. The van der Waals surface area contributed by atoms with Crippen LogP contribution in [0.5, 0.6) is 5.75 Å². The summed E-state index contributed by atoms with van der Waals surface area (Å²) in [5, 5.41) is 3.84.